The number of rotatable bonds is 7. The van der Waals surface area contributed by atoms with E-state index in [0.29, 0.717) is 16.8 Å². The molecule has 4 nitrogen and oxygen atoms in total. The number of benzene rings is 3. The SMILES string of the molecule is COc1ccc(/C(=C(\c2ccc(/C=C/[C]=O)cc2)c2ccc3[nH]nc(F)c3c2)C2CCC2)cc1. The van der Waals surface area contributed by atoms with Crippen LogP contribution in [-0.4, -0.2) is 23.6 Å². The molecule has 34 heavy (non-hydrogen) atoms. The van der Waals surface area contributed by atoms with Gasteiger partial charge in [0.1, 0.15) is 5.75 Å². The summed E-state index contributed by atoms with van der Waals surface area (Å²) >= 11 is 0. The smallest absolute Gasteiger partial charge is 0.240 e. The Morgan fingerprint density at radius 1 is 1.03 bits per heavy atom. The fourth-order valence-electron chi connectivity index (χ4n) is 4.56. The van der Waals surface area contributed by atoms with Crippen molar-refractivity contribution in [2.24, 2.45) is 5.92 Å². The number of hydrogen-bond acceptors (Lipinski definition) is 3. The molecule has 0 aliphatic heterocycles. The summed E-state index contributed by atoms with van der Waals surface area (Å²) in [6.07, 6.45) is 8.29. The van der Waals surface area contributed by atoms with Gasteiger partial charge in [-0.3, -0.25) is 9.89 Å². The molecule has 1 heterocycles. The third-order valence-corrected chi connectivity index (χ3v) is 6.53. The lowest BCUT2D eigenvalue weighted by molar-refractivity contribution is 0.401. The van der Waals surface area contributed by atoms with Crippen LogP contribution in [0, 0.1) is 11.9 Å². The number of ether oxygens (including phenoxy) is 1. The van der Waals surface area contributed by atoms with E-state index in [1.165, 1.54) is 18.1 Å². The van der Waals surface area contributed by atoms with Gasteiger partial charge in [-0.1, -0.05) is 55.0 Å². The van der Waals surface area contributed by atoms with Crippen LogP contribution in [0.4, 0.5) is 4.39 Å². The topological polar surface area (TPSA) is 55.0 Å². The molecule has 1 aliphatic rings. The molecule has 1 radical (unpaired) electrons. The zero-order valence-electron chi connectivity index (χ0n) is 18.8. The van der Waals surface area contributed by atoms with Crippen LogP contribution in [0.3, 0.4) is 0 Å². The van der Waals surface area contributed by atoms with Gasteiger partial charge in [-0.05, 0) is 82.5 Å². The van der Waals surface area contributed by atoms with Crippen LogP contribution in [0.1, 0.15) is 41.5 Å². The van der Waals surface area contributed by atoms with Gasteiger partial charge in [-0.2, -0.15) is 4.39 Å². The lowest BCUT2D eigenvalue weighted by Gasteiger charge is -2.31. The molecule has 1 saturated carbocycles. The van der Waals surface area contributed by atoms with Crippen LogP contribution in [-0.2, 0) is 4.79 Å². The number of allylic oxidation sites excluding steroid dienone is 2. The second kappa shape index (κ2) is 9.48. The molecular formula is C29H24FN2O2. The molecule has 0 unspecified atom stereocenters. The highest BCUT2D eigenvalue weighted by atomic mass is 19.1. The van der Waals surface area contributed by atoms with E-state index in [0.717, 1.165) is 46.4 Å². The van der Waals surface area contributed by atoms with Crippen LogP contribution >= 0.6 is 0 Å². The van der Waals surface area contributed by atoms with E-state index in [1.54, 1.807) is 19.5 Å². The van der Waals surface area contributed by atoms with Gasteiger partial charge in [0.15, 0.2) is 0 Å². The first kappa shape index (κ1) is 21.8. The Hall–Kier alpha value is -3.99. The summed E-state index contributed by atoms with van der Waals surface area (Å²) in [7, 11) is 1.66. The molecule has 1 fully saturated rings. The molecule has 1 aliphatic carbocycles. The van der Waals surface area contributed by atoms with Crippen LogP contribution in [0.25, 0.3) is 28.1 Å². The van der Waals surface area contributed by atoms with Crippen LogP contribution in [0.5, 0.6) is 5.75 Å². The van der Waals surface area contributed by atoms with Gasteiger partial charge >= 0.3 is 0 Å². The number of carbonyl (C=O) groups excluding carboxylic acids is 1. The molecule has 0 amide bonds. The lowest BCUT2D eigenvalue weighted by atomic mass is 9.73. The van der Waals surface area contributed by atoms with Crippen LogP contribution < -0.4 is 4.74 Å². The summed E-state index contributed by atoms with van der Waals surface area (Å²) in [6.45, 7) is 0. The van der Waals surface area contributed by atoms with Gasteiger partial charge in [0.25, 0.3) is 0 Å². The van der Waals surface area contributed by atoms with Crippen LogP contribution in [0.15, 0.2) is 72.8 Å². The van der Waals surface area contributed by atoms with Crippen molar-refractivity contribution < 1.29 is 13.9 Å². The highest BCUT2D eigenvalue weighted by Gasteiger charge is 2.27. The molecule has 169 valence electrons. The van der Waals surface area contributed by atoms with Crippen molar-refractivity contribution in [3.8, 4) is 5.75 Å². The van der Waals surface area contributed by atoms with E-state index in [9.17, 15) is 9.18 Å². The first-order valence-electron chi connectivity index (χ1n) is 11.3. The third-order valence-electron chi connectivity index (χ3n) is 6.53. The van der Waals surface area contributed by atoms with Crippen molar-refractivity contribution in [3.05, 3.63) is 101 Å². The maximum atomic E-state index is 14.4. The number of aromatic nitrogens is 2. The molecule has 5 rings (SSSR count). The van der Waals surface area contributed by atoms with Crippen molar-refractivity contribution in [3.63, 3.8) is 0 Å². The Bertz CT molecular complexity index is 1380. The van der Waals surface area contributed by atoms with Gasteiger partial charge in [-0.25, -0.2) is 0 Å². The van der Waals surface area contributed by atoms with E-state index >= 15 is 0 Å². The van der Waals surface area contributed by atoms with Gasteiger partial charge in [0, 0.05) is 0 Å². The summed E-state index contributed by atoms with van der Waals surface area (Å²) in [4.78, 5) is 10.6. The number of nitrogens with zero attached hydrogens (tertiary/aromatic N) is 1. The lowest BCUT2D eigenvalue weighted by Crippen LogP contribution is -2.15. The summed E-state index contributed by atoms with van der Waals surface area (Å²) in [6, 6.07) is 22.0. The van der Waals surface area contributed by atoms with E-state index < -0.39 is 5.95 Å². The van der Waals surface area contributed by atoms with Crippen molar-refractivity contribution in [1.29, 1.82) is 0 Å². The van der Waals surface area contributed by atoms with Crippen molar-refractivity contribution >= 4 is 34.4 Å². The quantitative estimate of drug-likeness (QED) is 0.255. The molecule has 0 saturated heterocycles. The molecule has 1 aromatic heterocycles. The monoisotopic (exact) mass is 451 g/mol. The average molecular weight is 452 g/mol. The maximum Gasteiger partial charge on any atom is 0.240 e. The number of nitrogens with one attached hydrogen (secondary N) is 1. The maximum absolute atomic E-state index is 14.4. The second-order valence-electron chi connectivity index (χ2n) is 8.49. The Morgan fingerprint density at radius 2 is 1.74 bits per heavy atom. The summed E-state index contributed by atoms with van der Waals surface area (Å²) in [5.41, 5.74) is 7.02. The average Bonchev–Trinajstić information content (AvgIpc) is 3.22. The Morgan fingerprint density at radius 3 is 2.38 bits per heavy atom. The first-order valence-corrected chi connectivity index (χ1v) is 11.3. The fourth-order valence-corrected chi connectivity index (χ4v) is 4.56. The summed E-state index contributed by atoms with van der Waals surface area (Å²) in [5, 5.41) is 6.95. The van der Waals surface area contributed by atoms with Gasteiger partial charge in [-0.15, -0.1) is 5.10 Å². The Labute approximate surface area is 197 Å². The highest BCUT2D eigenvalue weighted by molar-refractivity contribution is 6.01. The zero-order valence-corrected chi connectivity index (χ0v) is 18.8. The zero-order chi connectivity index (χ0) is 23.5. The number of halogens is 1. The first-order chi connectivity index (χ1) is 16.7. The standard InChI is InChI=1S/C29H24FN2O2/c1-34-24-14-11-22(12-15-24)27(20-5-2-6-20)28(21-9-7-19(8-10-21)4-3-17-33)23-13-16-26-25(18-23)29(30)32-31-26/h3-4,7-16,18,20H,2,5-6H2,1H3,(H,31,32)/b4-3+,28-27+. The van der Waals surface area contributed by atoms with Gasteiger partial charge < -0.3 is 4.74 Å². The molecule has 0 bridgehead atoms. The number of H-pyrrole nitrogens is 1. The van der Waals surface area contributed by atoms with Crippen molar-refractivity contribution in [2.45, 2.75) is 19.3 Å². The summed E-state index contributed by atoms with van der Waals surface area (Å²) < 4.78 is 19.8. The molecule has 3 aromatic carbocycles. The minimum atomic E-state index is -0.503. The third kappa shape index (κ3) is 4.17. The van der Waals surface area contributed by atoms with Crippen molar-refractivity contribution in [2.75, 3.05) is 7.11 Å². The highest BCUT2D eigenvalue weighted by Crippen LogP contribution is 2.45. The number of hydrogen-bond donors (Lipinski definition) is 1. The molecular weight excluding hydrogens is 427 g/mol. The molecule has 4 aromatic rings. The minimum absolute atomic E-state index is 0.414. The molecule has 5 heteroatoms. The Kier molecular flexibility index (Phi) is 6.09. The number of aromatic amines is 1. The van der Waals surface area contributed by atoms with E-state index in [-0.39, 0.29) is 0 Å². The fraction of sp³-hybridized carbons (Fsp3) is 0.172. The second-order valence-corrected chi connectivity index (χ2v) is 8.49. The van der Waals surface area contributed by atoms with E-state index in [4.69, 9.17) is 4.74 Å². The van der Waals surface area contributed by atoms with Gasteiger partial charge in [0.2, 0.25) is 12.2 Å². The minimum Gasteiger partial charge on any atom is -0.497 e. The Balaban J connectivity index is 1.74. The largest absolute Gasteiger partial charge is 0.497 e. The molecule has 0 atom stereocenters. The van der Waals surface area contributed by atoms with E-state index in [1.807, 2.05) is 42.5 Å². The number of methoxy groups -OCH3 is 1. The summed E-state index contributed by atoms with van der Waals surface area (Å²) in [5.74, 6) is 0.720. The molecule has 0 spiro atoms. The number of fused-ring (bicyclic) bond motifs is 1. The molecule has 1 N–H and O–H groups in total. The predicted octanol–water partition coefficient (Wildman–Crippen LogP) is 6.59. The van der Waals surface area contributed by atoms with Gasteiger partial charge in [0.05, 0.1) is 18.0 Å². The predicted molar refractivity (Wildman–Crippen MR) is 133 cm³/mol. The van der Waals surface area contributed by atoms with Crippen molar-refractivity contribution in [1.82, 2.24) is 10.2 Å². The normalized spacial score (nSPS) is 14.8. The van der Waals surface area contributed by atoms with E-state index in [2.05, 4.69) is 34.5 Å². The van der Waals surface area contributed by atoms with Crippen LogP contribution in [0.2, 0.25) is 0 Å².